The van der Waals surface area contributed by atoms with Crippen molar-refractivity contribution in [2.24, 2.45) is 5.41 Å². The molecule has 1 aromatic carbocycles. The summed E-state index contributed by atoms with van der Waals surface area (Å²) in [5.74, 6) is 0. The standard InChI is InChI=1S/C24H25N5O3S2/c1-23(2,3)24-7-6-14(29(24)22(30)31)12-28(13-24)21-27-17-15(19-25-8-10-33-19)4-5-16(18(17)32-21)20-26-9-11-34-20/h4-5,8-11,14H,6-7,12-13H2,1-3H3,(H,30,31). The Kier molecular flexibility index (Phi) is 4.76. The minimum Gasteiger partial charge on any atom is -0.465 e. The fourth-order valence-electron chi connectivity index (χ4n) is 5.61. The smallest absolute Gasteiger partial charge is 0.408 e. The predicted molar refractivity (Wildman–Crippen MR) is 134 cm³/mol. The topological polar surface area (TPSA) is 95.6 Å². The maximum atomic E-state index is 12.3. The van der Waals surface area contributed by atoms with Gasteiger partial charge in [-0.3, -0.25) is 4.90 Å². The lowest BCUT2D eigenvalue weighted by atomic mass is 9.71. The van der Waals surface area contributed by atoms with E-state index in [1.165, 1.54) is 0 Å². The molecule has 2 bridgehead atoms. The third-order valence-electron chi connectivity index (χ3n) is 7.33. The van der Waals surface area contributed by atoms with E-state index in [0.29, 0.717) is 24.7 Å². The Morgan fingerprint density at radius 1 is 1.15 bits per heavy atom. The normalized spacial score (nSPS) is 22.6. The second-order valence-corrected chi connectivity index (χ2v) is 11.8. The Morgan fingerprint density at radius 2 is 1.82 bits per heavy atom. The molecule has 5 heterocycles. The van der Waals surface area contributed by atoms with Crippen LogP contribution in [0.5, 0.6) is 0 Å². The lowest BCUT2D eigenvalue weighted by molar-refractivity contribution is 0.00435. The highest BCUT2D eigenvalue weighted by Gasteiger charge is 2.59. The van der Waals surface area contributed by atoms with Gasteiger partial charge < -0.3 is 14.4 Å². The zero-order valence-corrected chi connectivity index (χ0v) is 20.8. The molecular formula is C24H25N5O3S2. The van der Waals surface area contributed by atoms with Crippen LogP contribution in [0.15, 0.2) is 39.7 Å². The van der Waals surface area contributed by atoms with Crippen molar-refractivity contribution < 1.29 is 14.3 Å². The predicted octanol–water partition coefficient (Wildman–Crippen LogP) is 5.82. The van der Waals surface area contributed by atoms with Gasteiger partial charge in [0, 0.05) is 41.8 Å². The SMILES string of the molecule is CC(C)(C)C12CCC(CN(c3nc4c(-c5nccs5)ccc(-c5nccs5)c4o3)C1)N2C(=O)O. The van der Waals surface area contributed by atoms with Gasteiger partial charge in [-0.05, 0) is 30.4 Å². The number of carbonyl (C=O) groups is 1. The quantitative estimate of drug-likeness (QED) is 0.382. The summed E-state index contributed by atoms with van der Waals surface area (Å²) < 4.78 is 6.47. The fraction of sp³-hybridized carbons (Fsp3) is 0.417. The van der Waals surface area contributed by atoms with Crippen LogP contribution in [0.4, 0.5) is 10.8 Å². The Bertz CT molecular complexity index is 1290. The molecule has 0 radical (unpaired) electrons. The molecule has 6 rings (SSSR count). The van der Waals surface area contributed by atoms with Crippen LogP contribution in [-0.2, 0) is 0 Å². The van der Waals surface area contributed by atoms with E-state index < -0.39 is 11.6 Å². The highest BCUT2D eigenvalue weighted by Crippen LogP contribution is 2.50. The highest BCUT2D eigenvalue weighted by atomic mass is 32.1. The second kappa shape index (κ2) is 7.51. The lowest BCUT2D eigenvalue weighted by Crippen LogP contribution is -2.68. The van der Waals surface area contributed by atoms with Crippen molar-refractivity contribution in [3.05, 3.63) is 35.3 Å². The second-order valence-electron chi connectivity index (χ2n) is 10.0. The molecule has 0 spiro atoms. The maximum absolute atomic E-state index is 12.3. The number of benzene rings is 1. The molecule has 2 aliphatic heterocycles. The molecule has 2 saturated heterocycles. The molecule has 10 heteroatoms. The summed E-state index contributed by atoms with van der Waals surface area (Å²) in [4.78, 5) is 30.1. The molecule has 34 heavy (non-hydrogen) atoms. The summed E-state index contributed by atoms with van der Waals surface area (Å²) in [6, 6.07) is 4.50. The number of hydrogen-bond donors (Lipinski definition) is 1. The van der Waals surface area contributed by atoms with Crippen LogP contribution in [0.3, 0.4) is 0 Å². The van der Waals surface area contributed by atoms with E-state index in [9.17, 15) is 9.90 Å². The molecule has 176 valence electrons. The van der Waals surface area contributed by atoms with Gasteiger partial charge in [0.25, 0.3) is 6.01 Å². The number of fused-ring (bicyclic) bond motifs is 3. The lowest BCUT2D eigenvalue weighted by Gasteiger charge is -2.53. The average Bonchev–Trinajstić information content (AvgIpc) is 3.58. The molecule has 1 N–H and O–H groups in total. The largest absolute Gasteiger partial charge is 0.465 e. The van der Waals surface area contributed by atoms with Crippen LogP contribution >= 0.6 is 22.7 Å². The van der Waals surface area contributed by atoms with Gasteiger partial charge in [-0.1, -0.05) is 20.8 Å². The third kappa shape index (κ3) is 3.08. The molecule has 0 aliphatic carbocycles. The van der Waals surface area contributed by atoms with E-state index in [-0.39, 0.29) is 11.5 Å². The number of amides is 1. The number of thiazole rings is 2. The van der Waals surface area contributed by atoms with Gasteiger partial charge in [0.15, 0.2) is 5.58 Å². The van der Waals surface area contributed by atoms with Crippen LogP contribution in [0.1, 0.15) is 33.6 Å². The maximum Gasteiger partial charge on any atom is 0.408 e. The molecule has 2 unspecified atom stereocenters. The Balaban J connectivity index is 1.49. The van der Waals surface area contributed by atoms with Gasteiger partial charge in [-0.25, -0.2) is 14.8 Å². The molecule has 0 saturated carbocycles. The number of nitrogens with zero attached hydrogens (tertiary/aromatic N) is 5. The minimum atomic E-state index is -0.841. The fourth-order valence-corrected chi connectivity index (χ4v) is 6.93. The van der Waals surface area contributed by atoms with Crippen LogP contribution in [-0.4, -0.2) is 55.7 Å². The number of oxazole rings is 1. The zero-order chi connectivity index (χ0) is 23.7. The summed E-state index contributed by atoms with van der Waals surface area (Å²) >= 11 is 3.12. The first-order valence-electron chi connectivity index (χ1n) is 11.3. The molecule has 4 aromatic rings. The summed E-state index contributed by atoms with van der Waals surface area (Å²) in [6.45, 7) is 7.49. The summed E-state index contributed by atoms with van der Waals surface area (Å²) in [5.41, 5.74) is 2.55. The van der Waals surface area contributed by atoms with Crippen molar-refractivity contribution in [2.75, 3.05) is 18.0 Å². The van der Waals surface area contributed by atoms with Crippen LogP contribution < -0.4 is 4.90 Å². The number of anilines is 1. The van der Waals surface area contributed by atoms with E-state index in [1.54, 1.807) is 40.0 Å². The van der Waals surface area contributed by atoms with Crippen molar-refractivity contribution in [1.29, 1.82) is 0 Å². The van der Waals surface area contributed by atoms with Crippen molar-refractivity contribution in [3.63, 3.8) is 0 Å². The number of rotatable bonds is 3. The van der Waals surface area contributed by atoms with E-state index in [2.05, 4.69) is 35.6 Å². The Labute approximate surface area is 204 Å². The van der Waals surface area contributed by atoms with E-state index in [4.69, 9.17) is 9.40 Å². The Hall–Kier alpha value is -2.98. The Morgan fingerprint density at radius 3 is 2.44 bits per heavy atom. The first-order chi connectivity index (χ1) is 16.3. The number of carboxylic acid groups (broad SMARTS) is 1. The third-order valence-corrected chi connectivity index (χ3v) is 8.94. The van der Waals surface area contributed by atoms with Gasteiger partial charge in [0.1, 0.15) is 15.5 Å². The molecule has 2 aliphatic rings. The van der Waals surface area contributed by atoms with Crippen molar-refractivity contribution in [1.82, 2.24) is 19.9 Å². The first kappa shape index (κ1) is 21.5. The summed E-state index contributed by atoms with van der Waals surface area (Å²) in [7, 11) is 0. The number of piperazine rings is 1. The van der Waals surface area contributed by atoms with Crippen molar-refractivity contribution in [2.45, 2.75) is 45.2 Å². The molecule has 2 atom stereocenters. The van der Waals surface area contributed by atoms with Gasteiger partial charge in [-0.15, -0.1) is 22.7 Å². The van der Waals surface area contributed by atoms with E-state index in [0.717, 1.165) is 39.5 Å². The van der Waals surface area contributed by atoms with Gasteiger partial charge in [0.2, 0.25) is 0 Å². The van der Waals surface area contributed by atoms with Crippen molar-refractivity contribution >= 4 is 45.9 Å². The monoisotopic (exact) mass is 495 g/mol. The van der Waals surface area contributed by atoms with Crippen LogP contribution in [0.25, 0.3) is 32.2 Å². The molecule has 1 amide bonds. The first-order valence-corrected chi connectivity index (χ1v) is 13.0. The van der Waals surface area contributed by atoms with Crippen LogP contribution in [0.2, 0.25) is 0 Å². The van der Waals surface area contributed by atoms with E-state index in [1.807, 2.05) is 22.9 Å². The van der Waals surface area contributed by atoms with Gasteiger partial charge in [-0.2, -0.15) is 4.98 Å². The molecular weight excluding hydrogens is 470 g/mol. The van der Waals surface area contributed by atoms with Gasteiger partial charge in [0.05, 0.1) is 17.1 Å². The zero-order valence-electron chi connectivity index (χ0n) is 19.2. The van der Waals surface area contributed by atoms with Crippen LogP contribution in [0, 0.1) is 5.41 Å². The highest BCUT2D eigenvalue weighted by molar-refractivity contribution is 7.13. The summed E-state index contributed by atoms with van der Waals surface area (Å²) in [6.07, 6.45) is 4.41. The molecule has 3 aromatic heterocycles. The minimum absolute atomic E-state index is 0.0858. The van der Waals surface area contributed by atoms with Crippen molar-refractivity contribution in [3.8, 4) is 21.1 Å². The molecule has 2 fully saturated rings. The number of hydrogen-bond acceptors (Lipinski definition) is 8. The van der Waals surface area contributed by atoms with E-state index >= 15 is 0 Å². The van der Waals surface area contributed by atoms with Gasteiger partial charge >= 0.3 is 6.09 Å². The average molecular weight is 496 g/mol. The molecule has 8 nitrogen and oxygen atoms in total. The number of aromatic nitrogens is 3. The summed E-state index contributed by atoms with van der Waals surface area (Å²) in [5, 5.41) is 15.7.